The number of nitrogens with zero attached hydrogens (tertiary/aromatic N) is 2. The summed E-state index contributed by atoms with van der Waals surface area (Å²) < 4.78 is 0. The van der Waals surface area contributed by atoms with Crippen LogP contribution in [0.15, 0.2) is 12.7 Å². The lowest BCUT2D eigenvalue weighted by Crippen LogP contribution is -2.45. The van der Waals surface area contributed by atoms with Crippen LogP contribution in [0.3, 0.4) is 0 Å². The van der Waals surface area contributed by atoms with Crippen molar-refractivity contribution in [1.29, 1.82) is 0 Å². The lowest BCUT2D eigenvalue weighted by Gasteiger charge is -2.28. The topological polar surface area (TPSA) is 43.8 Å². The fraction of sp³-hybridized carbons (Fsp3) is 0.727. The van der Waals surface area contributed by atoms with Crippen LogP contribution >= 0.6 is 0 Å². The summed E-state index contributed by atoms with van der Waals surface area (Å²) >= 11 is 0. The Kier molecular flexibility index (Phi) is 4.78. The van der Waals surface area contributed by atoms with Crippen LogP contribution in [0.4, 0.5) is 0 Å². The molecule has 1 amide bonds. The molecule has 0 spiro atoms. The molecule has 1 fully saturated rings. The Labute approximate surface area is 91.2 Å². The van der Waals surface area contributed by atoms with Crippen LogP contribution in [0.1, 0.15) is 12.8 Å². The maximum absolute atomic E-state index is 12.0. The molecule has 0 aromatic carbocycles. The first kappa shape index (κ1) is 12.2. The minimum Gasteiger partial charge on any atom is -0.396 e. The van der Waals surface area contributed by atoms with Gasteiger partial charge in [0, 0.05) is 33.3 Å². The summed E-state index contributed by atoms with van der Waals surface area (Å²) in [5.74, 6) is 0.114. The predicted molar refractivity (Wildman–Crippen MR) is 59.5 cm³/mol. The van der Waals surface area contributed by atoms with E-state index < -0.39 is 0 Å². The van der Waals surface area contributed by atoms with Gasteiger partial charge in [0.15, 0.2) is 0 Å². The summed E-state index contributed by atoms with van der Waals surface area (Å²) in [7, 11) is 1.82. The molecular weight excluding hydrogens is 192 g/mol. The summed E-state index contributed by atoms with van der Waals surface area (Å²) in [6.45, 7) is 6.16. The number of amides is 1. The first-order valence-corrected chi connectivity index (χ1v) is 5.41. The van der Waals surface area contributed by atoms with Gasteiger partial charge in [-0.25, -0.2) is 0 Å². The highest BCUT2D eigenvalue weighted by molar-refractivity contribution is 5.81. The Morgan fingerprint density at radius 1 is 1.60 bits per heavy atom. The molecule has 0 radical (unpaired) electrons. The number of aliphatic hydroxyl groups excluding tert-OH is 1. The van der Waals surface area contributed by atoms with E-state index in [9.17, 15) is 4.79 Å². The van der Waals surface area contributed by atoms with Crippen molar-refractivity contribution in [1.82, 2.24) is 9.80 Å². The SMILES string of the molecule is C=CCN1CCCN(C)C(=O)C1CCO. The van der Waals surface area contributed by atoms with E-state index in [0.717, 1.165) is 19.5 Å². The van der Waals surface area contributed by atoms with E-state index in [0.29, 0.717) is 13.0 Å². The summed E-state index contributed by atoms with van der Waals surface area (Å²) in [6.07, 6.45) is 3.30. The van der Waals surface area contributed by atoms with Gasteiger partial charge in [0.25, 0.3) is 0 Å². The van der Waals surface area contributed by atoms with Crippen molar-refractivity contribution in [2.75, 3.05) is 33.3 Å². The van der Waals surface area contributed by atoms with Crippen LogP contribution in [0, 0.1) is 0 Å². The fourth-order valence-corrected chi connectivity index (χ4v) is 2.00. The molecule has 86 valence electrons. The van der Waals surface area contributed by atoms with E-state index in [1.807, 2.05) is 13.1 Å². The molecule has 1 unspecified atom stereocenters. The maximum Gasteiger partial charge on any atom is 0.239 e. The average molecular weight is 212 g/mol. The molecule has 4 nitrogen and oxygen atoms in total. The van der Waals surface area contributed by atoms with Gasteiger partial charge in [-0.3, -0.25) is 9.69 Å². The lowest BCUT2D eigenvalue weighted by atomic mass is 10.1. The highest BCUT2D eigenvalue weighted by Gasteiger charge is 2.29. The maximum atomic E-state index is 12.0. The van der Waals surface area contributed by atoms with E-state index in [4.69, 9.17) is 5.11 Å². The monoisotopic (exact) mass is 212 g/mol. The number of hydrogen-bond donors (Lipinski definition) is 1. The molecule has 1 N–H and O–H groups in total. The van der Waals surface area contributed by atoms with Gasteiger partial charge in [-0.2, -0.15) is 0 Å². The molecule has 0 saturated carbocycles. The summed E-state index contributed by atoms with van der Waals surface area (Å²) in [5, 5.41) is 8.98. The van der Waals surface area contributed by atoms with Crippen LogP contribution < -0.4 is 0 Å². The van der Waals surface area contributed by atoms with Gasteiger partial charge in [0.1, 0.15) is 0 Å². The molecule has 0 bridgehead atoms. The van der Waals surface area contributed by atoms with Gasteiger partial charge in [-0.15, -0.1) is 6.58 Å². The largest absolute Gasteiger partial charge is 0.396 e. The number of carbonyl (C=O) groups is 1. The first-order valence-electron chi connectivity index (χ1n) is 5.41. The number of hydrogen-bond acceptors (Lipinski definition) is 3. The van der Waals surface area contributed by atoms with E-state index >= 15 is 0 Å². The number of likely N-dealkylation sites (N-methyl/N-ethyl adjacent to an activating group) is 1. The van der Waals surface area contributed by atoms with Crippen molar-refractivity contribution in [2.24, 2.45) is 0 Å². The number of carbonyl (C=O) groups excluding carboxylic acids is 1. The molecule has 0 aliphatic carbocycles. The van der Waals surface area contributed by atoms with Crippen molar-refractivity contribution >= 4 is 5.91 Å². The van der Waals surface area contributed by atoms with Crippen LogP contribution in [0.2, 0.25) is 0 Å². The van der Waals surface area contributed by atoms with Crippen LogP contribution in [0.5, 0.6) is 0 Å². The molecule has 0 aromatic heterocycles. The van der Waals surface area contributed by atoms with Gasteiger partial charge in [-0.05, 0) is 12.8 Å². The molecule has 1 aliphatic rings. The second-order valence-corrected chi connectivity index (χ2v) is 3.93. The smallest absolute Gasteiger partial charge is 0.239 e. The first-order chi connectivity index (χ1) is 7.20. The van der Waals surface area contributed by atoms with Crippen molar-refractivity contribution in [3.8, 4) is 0 Å². The highest BCUT2D eigenvalue weighted by Crippen LogP contribution is 2.13. The summed E-state index contributed by atoms with van der Waals surface area (Å²) in [4.78, 5) is 15.8. The highest BCUT2D eigenvalue weighted by atomic mass is 16.3. The molecule has 1 aliphatic heterocycles. The lowest BCUT2D eigenvalue weighted by molar-refractivity contribution is -0.134. The van der Waals surface area contributed by atoms with E-state index in [2.05, 4.69) is 11.5 Å². The second kappa shape index (κ2) is 5.88. The van der Waals surface area contributed by atoms with Crippen molar-refractivity contribution in [3.05, 3.63) is 12.7 Å². The zero-order chi connectivity index (χ0) is 11.3. The molecule has 0 aromatic rings. The third-order valence-electron chi connectivity index (χ3n) is 2.81. The number of aliphatic hydroxyl groups is 1. The van der Waals surface area contributed by atoms with Crippen LogP contribution in [-0.4, -0.2) is 60.1 Å². The normalized spacial score (nSPS) is 24.0. The Bertz CT molecular complexity index is 231. The molecule has 1 rings (SSSR count). The fourth-order valence-electron chi connectivity index (χ4n) is 2.00. The van der Waals surface area contributed by atoms with E-state index in [-0.39, 0.29) is 18.6 Å². The molecule has 1 atom stereocenters. The summed E-state index contributed by atoms with van der Waals surface area (Å²) in [6, 6.07) is -0.180. The van der Waals surface area contributed by atoms with Gasteiger partial charge in [-0.1, -0.05) is 6.08 Å². The minimum atomic E-state index is -0.180. The third kappa shape index (κ3) is 3.04. The van der Waals surface area contributed by atoms with Gasteiger partial charge in [0.2, 0.25) is 5.91 Å². The summed E-state index contributed by atoms with van der Waals surface area (Å²) in [5.41, 5.74) is 0. The van der Waals surface area contributed by atoms with Crippen LogP contribution in [-0.2, 0) is 4.79 Å². The Morgan fingerprint density at radius 3 is 2.93 bits per heavy atom. The Morgan fingerprint density at radius 2 is 2.33 bits per heavy atom. The van der Waals surface area contributed by atoms with Gasteiger partial charge >= 0.3 is 0 Å². The Hall–Kier alpha value is -0.870. The molecule has 15 heavy (non-hydrogen) atoms. The molecule has 1 heterocycles. The standard InChI is InChI=1S/C11H20N2O2/c1-3-6-13-8-4-7-12(2)11(15)10(13)5-9-14/h3,10,14H,1,4-9H2,2H3. The Balaban J connectivity index is 2.74. The van der Waals surface area contributed by atoms with Crippen molar-refractivity contribution < 1.29 is 9.90 Å². The van der Waals surface area contributed by atoms with Gasteiger partial charge in [0.05, 0.1) is 6.04 Å². The zero-order valence-corrected chi connectivity index (χ0v) is 9.35. The molecule has 1 saturated heterocycles. The minimum absolute atomic E-state index is 0.0535. The van der Waals surface area contributed by atoms with E-state index in [1.54, 1.807) is 4.90 Å². The van der Waals surface area contributed by atoms with Crippen LogP contribution in [0.25, 0.3) is 0 Å². The zero-order valence-electron chi connectivity index (χ0n) is 9.35. The molecule has 4 heteroatoms. The van der Waals surface area contributed by atoms with Crippen molar-refractivity contribution in [2.45, 2.75) is 18.9 Å². The quantitative estimate of drug-likeness (QED) is 0.672. The van der Waals surface area contributed by atoms with Gasteiger partial charge < -0.3 is 10.0 Å². The van der Waals surface area contributed by atoms with Crippen molar-refractivity contribution in [3.63, 3.8) is 0 Å². The predicted octanol–water partition coefficient (Wildman–Crippen LogP) is 0.0875. The number of rotatable bonds is 4. The van der Waals surface area contributed by atoms with E-state index in [1.165, 1.54) is 0 Å². The average Bonchev–Trinajstić information content (AvgIpc) is 2.34. The third-order valence-corrected chi connectivity index (χ3v) is 2.81. The second-order valence-electron chi connectivity index (χ2n) is 3.93. The molecular formula is C11H20N2O2.